The van der Waals surface area contributed by atoms with E-state index in [1.807, 2.05) is 0 Å². The summed E-state index contributed by atoms with van der Waals surface area (Å²) in [6, 6.07) is 6.84. The summed E-state index contributed by atoms with van der Waals surface area (Å²) in [5, 5.41) is 21.4. The molecule has 4 nitrogen and oxygen atoms in total. The van der Waals surface area contributed by atoms with Gasteiger partial charge >= 0.3 is 5.97 Å². The number of rotatable bonds is 8. The maximum atomic E-state index is 13.0. The first-order valence-electron chi connectivity index (χ1n) is 17.5. The van der Waals surface area contributed by atoms with E-state index in [9.17, 15) is 15.0 Å². The fourth-order valence-corrected chi connectivity index (χ4v) is 11.5. The molecule has 0 heterocycles. The molecule has 0 saturated heterocycles. The van der Waals surface area contributed by atoms with Crippen LogP contribution in [0.1, 0.15) is 125 Å². The van der Waals surface area contributed by atoms with E-state index in [0.29, 0.717) is 29.6 Å². The predicted molar refractivity (Wildman–Crippen MR) is 180 cm³/mol. The van der Waals surface area contributed by atoms with Gasteiger partial charge in [0, 0.05) is 11.5 Å². The molecule has 0 radical (unpaired) electrons. The van der Waals surface area contributed by atoms with E-state index in [2.05, 4.69) is 62.0 Å². The third-order valence-electron chi connectivity index (χ3n) is 14.5. The summed E-state index contributed by atoms with van der Waals surface area (Å²) in [4.78, 5) is 13.0. The molecule has 0 bridgehead atoms. The van der Waals surface area contributed by atoms with E-state index in [-0.39, 0.29) is 39.5 Å². The van der Waals surface area contributed by atoms with Crippen molar-refractivity contribution in [2.24, 2.45) is 51.2 Å². The lowest BCUT2D eigenvalue weighted by Crippen LogP contribution is -2.64. The van der Waals surface area contributed by atoms with Gasteiger partial charge in [-0.05, 0) is 141 Å². The molecule has 2 N–H and O–H groups in total. The Morgan fingerprint density at radius 3 is 2.30 bits per heavy atom. The number of phenols is 1. The Bertz CT molecular complexity index is 1260. The summed E-state index contributed by atoms with van der Waals surface area (Å²) in [5.41, 5.74) is 2.07. The van der Waals surface area contributed by atoms with Crippen LogP contribution >= 0.6 is 0 Å². The minimum absolute atomic E-state index is 0.0969. The Kier molecular flexibility index (Phi) is 8.80. The van der Waals surface area contributed by atoms with Gasteiger partial charge in [-0.2, -0.15) is 0 Å². The van der Waals surface area contributed by atoms with Crippen molar-refractivity contribution in [1.82, 2.24) is 0 Å². The molecule has 0 unspecified atom stereocenters. The number of fused-ring (bicyclic) bond motifs is 5. The number of aromatic hydroxyl groups is 1. The van der Waals surface area contributed by atoms with Crippen LogP contribution in [0.25, 0.3) is 6.08 Å². The first-order chi connectivity index (χ1) is 20.5. The van der Waals surface area contributed by atoms with E-state index < -0.39 is 5.60 Å². The number of phenolic OH excluding ortho intramolecular Hbond substituents is 1. The van der Waals surface area contributed by atoms with Gasteiger partial charge in [0.05, 0.1) is 5.60 Å². The number of carbonyl (C=O) groups excluding carboxylic acids is 1. The van der Waals surface area contributed by atoms with Crippen LogP contribution in [0, 0.1) is 51.2 Å². The molecule has 4 heteroatoms. The van der Waals surface area contributed by atoms with Gasteiger partial charge in [-0.3, -0.25) is 0 Å². The molecule has 4 aliphatic carbocycles. The van der Waals surface area contributed by atoms with E-state index >= 15 is 0 Å². The molecular formula is C40H60O4. The Balaban J connectivity index is 1.31. The average molecular weight is 605 g/mol. The Morgan fingerprint density at radius 1 is 0.977 bits per heavy atom. The zero-order chi connectivity index (χ0) is 32.3. The van der Waals surface area contributed by atoms with Crippen molar-refractivity contribution in [2.75, 3.05) is 0 Å². The van der Waals surface area contributed by atoms with E-state index in [4.69, 9.17) is 4.74 Å². The topological polar surface area (TPSA) is 66.8 Å². The van der Waals surface area contributed by atoms with Crippen LogP contribution in [0.15, 0.2) is 42.5 Å². The van der Waals surface area contributed by atoms with Crippen LogP contribution in [0.2, 0.25) is 0 Å². The van der Waals surface area contributed by atoms with Gasteiger partial charge in [0.25, 0.3) is 0 Å². The first-order valence-corrected chi connectivity index (χ1v) is 17.5. The molecule has 4 fully saturated rings. The molecule has 244 valence electrons. The van der Waals surface area contributed by atoms with Gasteiger partial charge in [0.15, 0.2) is 0 Å². The number of allylic oxidation sites excluding steroid dienone is 1. The number of ether oxygens (including phenoxy) is 1. The molecule has 5 rings (SSSR count). The maximum absolute atomic E-state index is 13.0. The highest BCUT2D eigenvalue weighted by Gasteiger charge is 2.69. The normalized spacial score (nSPS) is 39.3. The second-order valence-corrected chi connectivity index (χ2v) is 17.2. The van der Waals surface area contributed by atoms with Crippen LogP contribution in [-0.2, 0) is 9.53 Å². The lowest BCUT2D eigenvalue weighted by molar-refractivity contribution is -0.229. The third kappa shape index (κ3) is 5.50. The van der Waals surface area contributed by atoms with Crippen LogP contribution < -0.4 is 0 Å². The van der Waals surface area contributed by atoms with E-state index in [1.54, 1.807) is 30.3 Å². The van der Waals surface area contributed by atoms with Crippen LogP contribution in [0.5, 0.6) is 5.75 Å². The number of hydrogen-bond donors (Lipinski definition) is 2. The molecule has 9 atom stereocenters. The Hall–Kier alpha value is -2.07. The van der Waals surface area contributed by atoms with Crippen molar-refractivity contribution in [3.05, 3.63) is 48.1 Å². The standard InChI is InChI=1S/C40H60O4/c1-26(2)27(3)18-25-40(9,43)31-19-23-38(7)30(31)15-16-33-37(6)22-21-34(36(4,5)32(37)20-24-39(33,38)8)44-35(42)17-12-28-10-13-29(41)14-11-28/h10-14,17,26,30-34,41,43H,3,15-16,18-25H2,1-2,4-9H3/b17-12-/t30-,31+,32+,33-,34+,37+,38-,39-,40+/m1/s1. The predicted octanol–water partition coefficient (Wildman–Crippen LogP) is 9.75. The fourth-order valence-electron chi connectivity index (χ4n) is 11.5. The second-order valence-electron chi connectivity index (χ2n) is 17.2. The molecule has 1 aromatic rings. The lowest BCUT2D eigenvalue weighted by atomic mass is 9.35. The number of carbonyl (C=O) groups is 1. The summed E-state index contributed by atoms with van der Waals surface area (Å²) >= 11 is 0. The van der Waals surface area contributed by atoms with Crippen molar-refractivity contribution in [1.29, 1.82) is 0 Å². The van der Waals surface area contributed by atoms with Gasteiger partial charge in [0.2, 0.25) is 0 Å². The zero-order valence-electron chi connectivity index (χ0n) is 28.9. The van der Waals surface area contributed by atoms with Crippen molar-refractivity contribution >= 4 is 12.0 Å². The molecular weight excluding hydrogens is 544 g/mol. The van der Waals surface area contributed by atoms with Crippen LogP contribution in [-0.4, -0.2) is 27.9 Å². The van der Waals surface area contributed by atoms with Crippen LogP contribution in [0.3, 0.4) is 0 Å². The van der Waals surface area contributed by atoms with Crippen molar-refractivity contribution in [3.8, 4) is 5.75 Å². The molecule has 4 saturated carbocycles. The summed E-state index contributed by atoms with van der Waals surface area (Å²) in [6.07, 6.45) is 14.1. The minimum Gasteiger partial charge on any atom is -0.508 e. The molecule has 1 aromatic carbocycles. The molecule has 44 heavy (non-hydrogen) atoms. The van der Waals surface area contributed by atoms with Gasteiger partial charge in [-0.25, -0.2) is 4.79 Å². The van der Waals surface area contributed by atoms with Gasteiger partial charge in [-0.15, -0.1) is 0 Å². The molecule has 0 aliphatic heterocycles. The van der Waals surface area contributed by atoms with Gasteiger partial charge in [0.1, 0.15) is 11.9 Å². The average Bonchev–Trinajstić information content (AvgIpc) is 3.32. The zero-order valence-corrected chi connectivity index (χ0v) is 28.9. The number of aliphatic hydroxyl groups is 1. The number of hydrogen-bond acceptors (Lipinski definition) is 4. The third-order valence-corrected chi connectivity index (χ3v) is 14.5. The molecule has 4 aliphatic rings. The quantitative estimate of drug-likeness (QED) is 0.176. The van der Waals surface area contributed by atoms with Gasteiger partial charge in [-0.1, -0.05) is 72.8 Å². The fraction of sp³-hybridized carbons (Fsp3) is 0.725. The first kappa shape index (κ1) is 33.3. The Labute approximate surface area is 267 Å². The summed E-state index contributed by atoms with van der Waals surface area (Å²) in [6.45, 7) is 23.3. The SMILES string of the molecule is C=C(CC[C@](C)(O)[C@H]1CC[C@]2(C)[C@@H]1CC[C@@H]1[C@@]3(C)CC[C@H](OC(=O)/C=C\c4ccc(O)cc4)C(C)(C)[C@@H]3CC[C@]12C)C(C)C. The summed E-state index contributed by atoms with van der Waals surface area (Å²) < 4.78 is 6.19. The molecule has 0 spiro atoms. The monoisotopic (exact) mass is 604 g/mol. The largest absolute Gasteiger partial charge is 0.508 e. The second kappa shape index (κ2) is 11.6. The molecule has 0 aromatic heterocycles. The summed E-state index contributed by atoms with van der Waals surface area (Å²) in [7, 11) is 0. The van der Waals surface area contributed by atoms with Crippen molar-refractivity contribution in [2.45, 2.75) is 131 Å². The number of esters is 1. The van der Waals surface area contributed by atoms with Gasteiger partial charge < -0.3 is 14.9 Å². The summed E-state index contributed by atoms with van der Waals surface area (Å²) in [5.74, 6) is 2.47. The van der Waals surface area contributed by atoms with E-state index in [1.165, 1.54) is 43.8 Å². The smallest absolute Gasteiger partial charge is 0.331 e. The minimum atomic E-state index is -0.648. The van der Waals surface area contributed by atoms with E-state index in [0.717, 1.165) is 37.7 Å². The highest BCUT2D eigenvalue weighted by molar-refractivity contribution is 5.87. The van der Waals surface area contributed by atoms with Crippen molar-refractivity contribution in [3.63, 3.8) is 0 Å². The Morgan fingerprint density at radius 2 is 1.64 bits per heavy atom. The van der Waals surface area contributed by atoms with Crippen molar-refractivity contribution < 1.29 is 19.7 Å². The maximum Gasteiger partial charge on any atom is 0.331 e. The number of benzene rings is 1. The highest BCUT2D eigenvalue weighted by atomic mass is 16.5. The van der Waals surface area contributed by atoms with Crippen LogP contribution in [0.4, 0.5) is 0 Å². The molecule has 0 amide bonds. The highest BCUT2D eigenvalue weighted by Crippen LogP contribution is 2.76. The lowest BCUT2D eigenvalue weighted by Gasteiger charge is -2.70.